The van der Waals surface area contributed by atoms with Gasteiger partial charge in [0.2, 0.25) is 4.80 Å². The molecule has 1 aromatic heterocycles. The Morgan fingerprint density at radius 2 is 2.17 bits per heavy atom. The summed E-state index contributed by atoms with van der Waals surface area (Å²) < 4.78 is 6.96. The molecule has 148 valence electrons. The van der Waals surface area contributed by atoms with Gasteiger partial charge < -0.3 is 14.4 Å². The molecule has 0 fully saturated rings. The van der Waals surface area contributed by atoms with E-state index in [-0.39, 0.29) is 11.4 Å². The smallest absolute Gasteiger partial charge is 0.270 e. The van der Waals surface area contributed by atoms with Crippen LogP contribution in [-0.2, 0) is 6.54 Å². The van der Waals surface area contributed by atoms with Crippen LogP contribution in [0, 0.1) is 10.1 Å². The molecule has 0 saturated carbocycles. The maximum Gasteiger partial charge on any atom is 0.270 e. The van der Waals surface area contributed by atoms with Crippen molar-refractivity contribution in [3.05, 3.63) is 81.0 Å². The molecule has 3 aromatic rings. The van der Waals surface area contributed by atoms with E-state index in [0.717, 1.165) is 5.69 Å². The van der Waals surface area contributed by atoms with Gasteiger partial charge in [-0.2, -0.15) is 5.10 Å². The fourth-order valence-corrected chi connectivity index (χ4v) is 3.52. The number of non-ortho nitro benzene ring substituents is 1. The largest absolute Gasteiger partial charge is 0.504 e. The Morgan fingerprint density at radius 3 is 2.90 bits per heavy atom. The first-order valence-corrected chi connectivity index (χ1v) is 9.39. The molecule has 9 heteroatoms. The predicted octanol–water partition coefficient (Wildman–Crippen LogP) is 3.96. The van der Waals surface area contributed by atoms with E-state index in [1.54, 1.807) is 30.5 Å². The van der Waals surface area contributed by atoms with E-state index < -0.39 is 4.92 Å². The lowest BCUT2D eigenvalue weighted by Gasteiger charge is -2.06. The molecule has 2 aromatic carbocycles. The number of phenols is 1. The predicted molar refractivity (Wildman–Crippen MR) is 112 cm³/mol. The molecule has 0 spiro atoms. The van der Waals surface area contributed by atoms with E-state index in [0.29, 0.717) is 28.2 Å². The van der Waals surface area contributed by atoms with Gasteiger partial charge in [0, 0.05) is 29.6 Å². The number of phenolic OH excluding ortho intramolecular Hbond substituents is 1. The Bertz CT molecular complexity index is 1150. The Morgan fingerprint density at radius 1 is 1.34 bits per heavy atom. The molecule has 0 atom stereocenters. The summed E-state index contributed by atoms with van der Waals surface area (Å²) in [7, 11) is 1.47. The summed E-state index contributed by atoms with van der Waals surface area (Å²) in [5, 5.41) is 31.0. The maximum absolute atomic E-state index is 11.1. The number of methoxy groups -OCH3 is 1. The highest BCUT2D eigenvalue weighted by Crippen LogP contribution is 2.26. The third kappa shape index (κ3) is 4.58. The number of hydrogen-bond donors (Lipinski definition) is 1. The number of nitro benzene ring substituents is 1. The molecule has 29 heavy (non-hydrogen) atoms. The van der Waals surface area contributed by atoms with Crippen LogP contribution in [0.5, 0.6) is 11.5 Å². The molecule has 8 nitrogen and oxygen atoms in total. The number of nitrogens with zero attached hydrogens (tertiary/aromatic N) is 4. The molecular weight excluding hydrogens is 392 g/mol. The number of aromatic hydroxyl groups is 1. The summed E-state index contributed by atoms with van der Waals surface area (Å²) in [5.74, 6) is 0.394. The van der Waals surface area contributed by atoms with E-state index in [4.69, 9.17) is 4.74 Å². The molecule has 0 radical (unpaired) electrons. The van der Waals surface area contributed by atoms with E-state index in [1.807, 2.05) is 16.0 Å². The minimum absolute atomic E-state index is 0.0247. The molecule has 0 saturated heterocycles. The van der Waals surface area contributed by atoms with Crippen LogP contribution < -0.4 is 9.54 Å². The number of allylic oxidation sites excluding steroid dienone is 1. The zero-order valence-corrected chi connectivity index (χ0v) is 16.4. The van der Waals surface area contributed by atoms with E-state index >= 15 is 0 Å². The highest BCUT2D eigenvalue weighted by atomic mass is 32.1. The Balaban J connectivity index is 1.97. The normalized spacial score (nSPS) is 11.7. The zero-order valence-electron chi connectivity index (χ0n) is 15.6. The van der Waals surface area contributed by atoms with Gasteiger partial charge in [-0.1, -0.05) is 18.2 Å². The Hall–Kier alpha value is -3.72. The maximum atomic E-state index is 11.1. The Kier molecular flexibility index (Phi) is 6.20. The average Bonchev–Trinajstić information content (AvgIpc) is 3.12. The van der Waals surface area contributed by atoms with Crippen molar-refractivity contribution in [2.45, 2.75) is 6.54 Å². The Labute approximate surface area is 170 Å². The zero-order chi connectivity index (χ0) is 20.8. The molecule has 0 aliphatic heterocycles. The molecule has 1 heterocycles. The molecule has 0 bridgehead atoms. The summed E-state index contributed by atoms with van der Waals surface area (Å²) in [6, 6.07) is 11.3. The number of benzene rings is 2. The van der Waals surface area contributed by atoms with E-state index in [1.165, 1.54) is 36.6 Å². The van der Waals surface area contributed by atoms with Gasteiger partial charge in [-0.05, 0) is 23.8 Å². The first-order chi connectivity index (χ1) is 14.0. The van der Waals surface area contributed by atoms with E-state index in [9.17, 15) is 15.2 Å². The second-order valence-corrected chi connectivity index (χ2v) is 6.72. The number of ether oxygens (including phenoxy) is 1. The first kappa shape index (κ1) is 20.0. The lowest BCUT2D eigenvalue weighted by molar-refractivity contribution is -0.384. The van der Waals surface area contributed by atoms with Crippen molar-refractivity contribution in [3.63, 3.8) is 0 Å². The third-order valence-electron chi connectivity index (χ3n) is 4.02. The molecule has 3 rings (SSSR count). The van der Waals surface area contributed by atoms with Crippen LogP contribution in [0.4, 0.5) is 5.69 Å². The lowest BCUT2D eigenvalue weighted by atomic mass is 10.1. The summed E-state index contributed by atoms with van der Waals surface area (Å²) in [5.41, 5.74) is 2.25. The number of thiazole rings is 1. The number of rotatable bonds is 7. The van der Waals surface area contributed by atoms with Crippen LogP contribution in [-0.4, -0.2) is 27.9 Å². The standard InChI is InChI=1S/C20H18N4O4S/c1-3-9-23-17(15-5-4-6-16(11-15)24(26)27)13-29-20(23)22-21-12-14-7-8-18(25)19(10-14)28-2/h3-8,10-13,25H,1,9H2,2H3/b21-12-,22-20-. The van der Waals surface area contributed by atoms with Gasteiger partial charge in [-0.25, -0.2) is 0 Å². The van der Waals surface area contributed by atoms with Gasteiger partial charge in [-0.15, -0.1) is 23.0 Å². The third-order valence-corrected chi connectivity index (χ3v) is 4.87. The quantitative estimate of drug-likeness (QED) is 0.276. The van der Waals surface area contributed by atoms with Crippen molar-refractivity contribution >= 4 is 23.2 Å². The molecule has 1 N–H and O–H groups in total. The number of hydrogen-bond acceptors (Lipinski definition) is 7. The van der Waals surface area contributed by atoms with Gasteiger partial charge in [0.1, 0.15) is 0 Å². The first-order valence-electron chi connectivity index (χ1n) is 8.51. The van der Waals surface area contributed by atoms with Crippen molar-refractivity contribution in [1.82, 2.24) is 4.57 Å². The topological polar surface area (TPSA) is 102 Å². The molecule has 0 aliphatic carbocycles. The second-order valence-electron chi connectivity index (χ2n) is 5.89. The van der Waals surface area contributed by atoms with Crippen LogP contribution in [0.25, 0.3) is 11.3 Å². The number of nitro groups is 1. The summed E-state index contributed by atoms with van der Waals surface area (Å²) in [4.78, 5) is 11.3. The van der Waals surface area contributed by atoms with Gasteiger partial charge in [0.05, 0.1) is 23.9 Å². The fourth-order valence-electron chi connectivity index (χ4n) is 2.64. The van der Waals surface area contributed by atoms with Crippen LogP contribution in [0.3, 0.4) is 0 Å². The molecular formula is C20H18N4O4S. The summed E-state index contributed by atoms with van der Waals surface area (Å²) in [6.45, 7) is 4.25. The van der Waals surface area contributed by atoms with Gasteiger partial charge >= 0.3 is 0 Å². The van der Waals surface area contributed by atoms with Crippen molar-refractivity contribution in [3.8, 4) is 22.8 Å². The number of aromatic nitrogens is 1. The van der Waals surface area contributed by atoms with E-state index in [2.05, 4.69) is 16.8 Å². The van der Waals surface area contributed by atoms with Crippen molar-refractivity contribution < 1.29 is 14.8 Å². The monoisotopic (exact) mass is 410 g/mol. The minimum Gasteiger partial charge on any atom is -0.504 e. The van der Waals surface area contributed by atoms with Gasteiger partial charge in [0.25, 0.3) is 5.69 Å². The second kappa shape index (κ2) is 8.98. The van der Waals surface area contributed by atoms with Crippen LogP contribution in [0.2, 0.25) is 0 Å². The summed E-state index contributed by atoms with van der Waals surface area (Å²) in [6.07, 6.45) is 3.27. The van der Waals surface area contributed by atoms with Crippen LogP contribution >= 0.6 is 11.3 Å². The minimum atomic E-state index is -0.421. The van der Waals surface area contributed by atoms with Crippen LogP contribution in [0.1, 0.15) is 5.56 Å². The fraction of sp³-hybridized carbons (Fsp3) is 0.100. The highest BCUT2D eigenvalue weighted by Gasteiger charge is 2.11. The van der Waals surface area contributed by atoms with Crippen molar-refractivity contribution in [2.75, 3.05) is 7.11 Å². The van der Waals surface area contributed by atoms with Crippen LogP contribution in [0.15, 0.2) is 70.7 Å². The van der Waals surface area contributed by atoms with Gasteiger partial charge in [-0.3, -0.25) is 10.1 Å². The SMILES string of the molecule is C=CCn1c(-c2cccc([N+](=O)[O-])c2)cs/c1=N\N=C/c1ccc(O)c(OC)c1. The summed E-state index contributed by atoms with van der Waals surface area (Å²) >= 11 is 1.37. The van der Waals surface area contributed by atoms with Crippen molar-refractivity contribution in [1.29, 1.82) is 0 Å². The average molecular weight is 410 g/mol. The highest BCUT2D eigenvalue weighted by molar-refractivity contribution is 7.07. The molecule has 0 aliphatic rings. The molecule has 0 amide bonds. The lowest BCUT2D eigenvalue weighted by Crippen LogP contribution is -2.14. The van der Waals surface area contributed by atoms with Gasteiger partial charge in [0.15, 0.2) is 11.5 Å². The van der Waals surface area contributed by atoms with Crippen molar-refractivity contribution in [2.24, 2.45) is 10.2 Å². The molecule has 0 unspecified atom stereocenters.